The summed E-state index contributed by atoms with van der Waals surface area (Å²) < 4.78 is 0. The summed E-state index contributed by atoms with van der Waals surface area (Å²) in [6.07, 6.45) is 2.46. The average molecular weight is 253 g/mol. The van der Waals surface area contributed by atoms with Crippen LogP contribution in [0.15, 0.2) is 0 Å². The molecule has 2 aliphatic rings. The number of aliphatic carboxylic acids is 1. The van der Waals surface area contributed by atoms with E-state index >= 15 is 0 Å². The number of amides is 2. The van der Waals surface area contributed by atoms with E-state index in [-0.39, 0.29) is 36.1 Å². The molecule has 100 valence electrons. The Labute approximate surface area is 106 Å². The van der Waals surface area contributed by atoms with Crippen molar-refractivity contribution in [2.24, 2.45) is 23.7 Å². The van der Waals surface area contributed by atoms with Crippen LogP contribution in [0, 0.1) is 23.7 Å². The number of rotatable bonds is 4. The van der Waals surface area contributed by atoms with Crippen molar-refractivity contribution in [3.05, 3.63) is 0 Å². The minimum Gasteiger partial charge on any atom is -0.481 e. The van der Waals surface area contributed by atoms with Gasteiger partial charge in [-0.1, -0.05) is 20.3 Å². The Morgan fingerprint density at radius 2 is 1.78 bits per heavy atom. The van der Waals surface area contributed by atoms with Crippen LogP contribution in [-0.2, 0) is 14.4 Å². The summed E-state index contributed by atoms with van der Waals surface area (Å²) in [5.41, 5.74) is 0. The highest BCUT2D eigenvalue weighted by atomic mass is 16.4. The van der Waals surface area contributed by atoms with E-state index in [2.05, 4.69) is 0 Å². The van der Waals surface area contributed by atoms with E-state index in [1.165, 1.54) is 4.90 Å². The van der Waals surface area contributed by atoms with E-state index in [1.807, 2.05) is 0 Å². The summed E-state index contributed by atoms with van der Waals surface area (Å²) in [6, 6.07) is 0. The van der Waals surface area contributed by atoms with Gasteiger partial charge in [-0.25, -0.2) is 0 Å². The highest BCUT2D eigenvalue weighted by Crippen LogP contribution is 2.40. The lowest BCUT2D eigenvalue weighted by Gasteiger charge is -2.23. The van der Waals surface area contributed by atoms with Crippen LogP contribution in [0.2, 0.25) is 0 Å². The molecular weight excluding hydrogens is 234 g/mol. The van der Waals surface area contributed by atoms with Crippen LogP contribution >= 0.6 is 0 Å². The van der Waals surface area contributed by atoms with Crippen LogP contribution in [-0.4, -0.2) is 34.3 Å². The van der Waals surface area contributed by atoms with Crippen molar-refractivity contribution in [3.8, 4) is 0 Å². The Morgan fingerprint density at radius 1 is 1.28 bits per heavy atom. The van der Waals surface area contributed by atoms with Crippen molar-refractivity contribution in [1.29, 1.82) is 0 Å². The minimum absolute atomic E-state index is 0.0255. The first-order valence-corrected chi connectivity index (χ1v) is 6.51. The molecule has 0 radical (unpaired) electrons. The monoisotopic (exact) mass is 253 g/mol. The van der Waals surface area contributed by atoms with Gasteiger partial charge in [0.1, 0.15) is 0 Å². The number of likely N-dealkylation sites (tertiary alicyclic amines) is 1. The second-order valence-electron chi connectivity index (χ2n) is 5.62. The lowest BCUT2D eigenvalue weighted by molar-refractivity contribution is -0.147. The molecule has 0 spiro atoms. The zero-order valence-electron chi connectivity index (χ0n) is 10.8. The van der Waals surface area contributed by atoms with E-state index in [0.717, 1.165) is 19.3 Å². The molecule has 1 aliphatic carbocycles. The zero-order valence-corrected chi connectivity index (χ0v) is 10.8. The highest BCUT2D eigenvalue weighted by Gasteiger charge is 2.50. The van der Waals surface area contributed by atoms with Crippen molar-refractivity contribution in [2.45, 2.75) is 33.1 Å². The third kappa shape index (κ3) is 2.02. The molecule has 3 atom stereocenters. The Morgan fingerprint density at radius 3 is 2.17 bits per heavy atom. The van der Waals surface area contributed by atoms with Gasteiger partial charge in [-0.3, -0.25) is 19.3 Å². The number of nitrogens with zero attached hydrogens (tertiary/aromatic N) is 1. The molecule has 0 aromatic carbocycles. The molecular formula is C13H19NO4. The lowest BCUT2D eigenvalue weighted by atomic mass is 9.95. The molecule has 0 aromatic heterocycles. The van der Waals surface area contributed by atoms with Gasteiger partial charge in [0, 0.05) is 6.54 Å². The van der Waals surface area contributed by atoms with Crippen molar-refractivity contribution >= 4 is 17.8 Å². The fourth-order valence-corrected chi connectivity index (χ4v) is 3.01. The Hall–Kier alpha value is -1.39. The third-order valence-electron chi connectivity index (χ3n) is 4.18. The molecule has 1 N–H and O–H groups in total. The molecule has 2 fully saturated rings. The van der Waals surface area contributed by atoms with Crippen molar-refractivity contribution in [2.75, 3.05) is 6.54 Å². The quantitative estimate of drug-likeness (QED) is 0.762. The Bertz CT molecular complexity index is 368. The summed E-state index contributed by atoms with van der Waals surface area (Å²) in [6.45, 7) is 3.62. The van der Waals surface area contributed by atoms with Crippen molar-refractivity contribution in [1.82, 2.24) is 4.90 Å². The second kappa shape index (κ2) is 4.71. The van der Waals surface area contributed by atoms with Gasteiger partial charge in [0.25, 0.3) is 0 Å². The van der Waals surface area contributed by atoms with Crippen molar-refractivity contribution < 1.29 is 19.5 Å². The first-order chi connectivity index (χ1) is 8.43. The Balaban J connectivity index is 2.12. The van der Waals surface area contributed by atoms with E-state index in [4.69, 9.17) is 5.11 Å². The number of imide groups is 1. The molecule has 5 heteroatoms. The molecule has 0 bridgehead atoms. The second-order valence-corrected chi connectivity index (χ2v) is 5.62. The molecule has 2 rings (SSSR count). The van der Waals surface area contributed by atoms with E-state index < -0.39 is 11.9 Å². The first kappa shape index (κ1) is 13.1. The first-order valence-electron chi connectivity index (χ1n) is 6.51. The van der Waals surface area contributed by atoms with Crippen LogP contribution in [0.4, 0.5) is 0 Å². The lowest BCUT2D eigenvalue weighted by Crippen LogP contribution is -2.40. The number of carbonyl (C=O) groups excluding carboxylic acids is 2. The van der Waals surface area contributed by atoms with Gasteiger partial charge < -0.3 is 5.11 Å². The Kier molecular flexibility index (Phi) is 3.41. The van der Waals surface area contributed by atoms with Gasteiger partial charge in [0.15, 0.2) is 0 Å². The summed E-state index contributed by atoms with van der Waals surface area (Å²) >= 11 is 0. The van der Waals surface area contributed by atoms with Gasteiger partial charge in [-0.2, -0.15) is 0 Å². The van der Waals surface area contributed by atoms with E-state index in [0.29, 0.717) is 0 Å². The third-order valence-corrected chi connectivity index (χ3v) is 4.18. The maximum atomic E-state index is 12.1. The van der Waals surface area contributed by atoms with Crippen LogP contribution in [0.3, 0.4) is 0 Å². The molecule has 1 saturated heterocycles. The van der Waals surface area contributed by atoms with Crippen LogP contribution < -0.4 is 0 Å². The summed E-state index contributed by atoms with van der Waals surface area (Å²) in [5, 5.41) is 9.13. The summed E-state index contributed by atoms with van der Waals surface area (Å²) in [5.74, 6) is -2.38. The molecule has 18 heavy (non-hydrogen) atoms. The largest absolute Gasteiger partial charge is 0.481 e. The zero-order chi connectivity index (χ0) is 13.4. The number of carbonyl (C=O) groups is 3. The minimum atomic E-state index is -0.942. The predicted molar refractivity (Wildman–Crippen MR) is 63.5 cm³/mol. The SMILES string of the molecule is CC(C)C(CN1C(=O)C2CCCC2C1=O)C(=O)O. The maximum Gasteiger partial charge on any atom is 0.308 e. The van der Waals surface area contributed by atoms with Crippen molar-refractivity contribution in [3.63, 3.8) is 0 Å². The van der Waals surface area contributed by atoms with Gasteiger partial charge in [-0.15, -0.1) is 0 Å². The number of carboxylic acids is 1. The molecule has 0 aromatic rings. The standard InChI is InChI=1S/C13H19NO4/c1-7(2)10(13(17)18)6-14-11(15)8-4-3-5-9(8)12(14)16/h7-10H,3-6H2,1-2H3,(H,17,18). The van der Waals surface area contributed by atoms with Crippen LogP contribution in [0.1, 0.15) is 33.1 Å². The smallest absolute Gasteiger partial charge is 0.308 e. The number of hydrogen-bond donors (Lipinski definition) is 1. The fourth-order valence-electron chi connectivity index (χ4n) is 3.01. The predicted octanol–water partition coefficient (Wildman–Crippen LogP) is 1.13. The maximum absolute atomic E-state index is 12.1. The molecule has 1 heterocycles. The fraction of sp³-hybridized carbons (Fsp3) is 0.769. The molecule has 1 aliphatic heterocycles. The van der Waals surface area contributed by atoms with Gasteiger partial charge >= 0.3 is 5.97 Å². The molecule has 1 saturated carbocycles. The number of hydrogen-bond acceptors (Lipinski definition) is 3. The number of carboxylic acid groups (broad SMARTS) is 1. The van der Waals surface area contributed by atoms with Gasteiger partial charge in [-0.05, 0) is 18.8 Å². The van der Waals surface area contributed by atoms with Crippen LogP contribution in [0.5, 0.6) is 0 Å². The molecule has 5 nitrogen and oxygen atoms in total. The van der Waals surface area contributed by atoms with Gasteiger partial charge in [0.05, 0.1) is 17.8 Å². The average Bonchev–Trinajstić information content (AvgIpc) is 2.82. The van der Waals surface area contributed by atoms with Crippen LogP contribution in [0.25, 0.3) is 0 Å². The molecule has 2 amide bonds. The summed E-state index contributed by atoms with van der Waals surface area (Å²) in [4.78, 5) is 36.5. The topological polar surface area (TPSA) is 74.7 Å². The number of fused-ring (bicyclic) bond motifs is 1. The van der Waals surface area contributed by atoms with Gasteiger partial charge in [0.2, 0.25) is 11.8 Å². The van der Waals surface area contributed by atoms with E-state index in [1.54, 1.807) is 13.8 Å². The molecule has 3 unspecified atom stereocenters. The highest BCUT2D eigenvalue weighted by molar-refractivity contribution is 6.05. The van der Waals surface area contributed by atoms with E-state index in [9.17, 15) is 14.4 Å². The normalized spacial score (nSPS) is 28.9. The summed E-state index contributed by atoms with van der Waals surface area (Å²) in [7, 11) is 0.